The van der Waals surface area contributed by atoms with Crippen LogP contribution in [0.3, 0.4) is 0 Å². The Bertz CT molecular complexity index is 1600. The molecule has 0 radical (unpaired) electrons. The number of nitrogens with zero attached hydrogens (tertiary/aromatic N) is 4. The van der Waals surface area contributed by atoms with Gasteiger partial charge in [-0.1, -0.05) is 0 Å². The molecule has 1 fully saturated rings. The molecular formula is C23H24N6O4S. The van der Waals surface area contributed by atoms with E-state index in [1.54, 1.807) is 35.9 Å². The predicted molar refractivity (Wildman–Crippen MR) is 126 cm³/mol. The van der Waals surface area contributed by atoms with Gasteiger partial charge in [-0.3, -0.25) is 4.79 Å². The molecule has 4 aromatic rings. The Labute approximate surface area is 195 Å². The molecule has 4 heterocycles. The molecule has 3 aromatic heterocycles. The fourth-order valence-corrected chi connectivity index (χ4v) is 5.86. The third-order valence-electron chi connectivity index (χ3n) is 6.22. The number of aromatic amines is 2. The number of nitriles is 1. The summed E-state index contributed by atoms with van der Waals surface area (Å²) in [5, 5.41) is 9.87. The monoisotopic (exact) mass is 480 g/mol. The molecule has 0 amide bonds. The first-order chi connectivity index (χ1) is 16.3. The highest BCUT2D eigenvalue weighted by Gasteiger charge is 2.26. The van der Waals surface area contributed by atoms with Gasteiger partial charge in [0.05, 0.1) is 17.6 Å². The molecule has 176 valence electrons. The zero-order valence-electron chi connectivity index (χ0n) is 18.8. The Hall–Kier alpha value is -3.46. The van der Waals surface area contributed by atoms with E-state index in [4.69, 9.17) is 4.74 Å². The van der Waals surface area contributed by atoms with Crippen molar-refractivity contribution in [1.82, 2.24) is 23.8 Å². The number of sulfonamides is 1. The van der Waals surface area contributed by atoms with Gasteiger partial charge in [-0.25, -0.2) is 13.4 Å². The number of H-pyrrole nitrogens is 2. The van der Waals surface area contributed by atoms with Gasteiger partial charge in [-0.05, 0) is 49.6 Å². The standard InChI is InChI=1S/C23H24N6O4S/c1-14-9-15-11-16(12-24)25-21(15)19(10-14)34(31,32)28(2)13-20-26-18-3-6-29(23(30)22(18)27-20)17-4-7-33-8-5-17/h3,6,9-11,17,25H,4-5,7-8,13H2,1-2H3,(H,26,27). The number of hydrogen-bond donors (Lipinski definition) is 2. The maximum Gasteiger partial charge on any atom is 0.278 e. The number of pyridine rings is 1. The SMILES string of the molecule is Cc1cc(S(=O)(=O)N(C)Cc2nc3c(=O)n(C4CCOCC4)ccc3[nH]2)c2[nH]c(C#N)cc2c1. The largest absolute Gasteiger partial charge is 0.381 e. The number of benzene rings is 1. The van der Waals surface area contributed by atoms with E-state index in [-0.39, 0.29) is 34.3 Å². The minimum atomic E-state index is -3.92. The third kappa shape index (κ3) is 3.79. The molecule has 0 spiro atoms. The van der Waals surface area contributed by atoms with Gasteiger partial charge in [0.25, 0.3) is 5.56 Å². The van der Waals surface area contributed by atoms with E-state index in [1.165, 1.54) is 11.4 Å². The number of nitrogens with one attached hydrogen (secondary N) is 2. The highest BCUT2D eigenvalue weighted by atomic mass is 32.2. The summed E-state index contributed by atoms with van der Waals surface area (Å²) in [5.74, 6) is 0.371. The Kier molecular flexibility index (Phi) is 5.51. The average Bonchev–Trinajstić information content (AvgIpc) is 3.43. The number of fused-ring (bicyclic) bond motifs is 2. The normalized spacial score (nSPS) is 15.4. The van der Waals surface area contributed by atoms with Crippen molar-refractivity contribution in [2.45, 2.75) is 37.2 Å². The molecule has 0 aliphatic carbocycles. The second-order valence-corrected chi connectivity index (χ2v) is 10.6. The van der Waals surface area contributed by atoms with Gasteiger partial charge in [0.1, 0.15) is 22.5 Å². The Morgan fingerprint density at radius 1 is 1.26 bits per heavy atom. The second kappa shape index (κ2) is 8.39. The van der Waals surface area contributed by atoms with Crippen molar-refractivity contribution < 1.29 is 13.2 Å². The van der Waals surface area contributed by atoms with Gasteiger partial charge in [-0.15, -0.1) is 0 Å². The summed E-state index contributed by atoms with van der Waals surface area (Å²) in [5.41, 5.74) is 2.09. The molecule has 1 aliphatic rings. The number of aryl methyl sites for hydroxylation is 1. The molecule has 0 unspecified atom stereocenters. The Morgan fingerprint density at radius 3 is 2.76 bits per heavy atom. The van der Waals surface area contributed by atoms with Crippen LogP contribution in [0, 0.1) is 18.3 Å². The molecule has 34 heavy (non-hydrogen) atoms. The van der Waals surface area contributed by atoms with Crippen LogP contribution >= 0.6 is 0 Å². The number of ether oxygens (including phenoxy) is 1. The molecule has 11 heteroatoms. The topological polar surface area (TPSA) is 137 Å². The van der Waals surface area contributed by atoms with E-state index in [9.17, 15) is 18.5 Å². The summed E-state index contributed by atoms with van der Waals surface area (Å²) in [6, 6.07) is 8.91. The van der Waals surface area contributed by atoms with Crippen molar-refractivity contribution in [3.8, 4) is 6.07 Å². The van der Waals surface area contributed by atoms with E-state index in [0.29, 0.717) is 35.5 Å². The van der Waals surface area contributed by atoms with Crippen LogP contribution in [0.4, 0.5) is 0 Å². The first kappa shape index (κ1) is 22.3. The number of aromatic nitrogens is 4. The van der Waals surface area contributed by atoms with Crippen LogP contribution in [0.25, 0.3) is 21.9 Å². The van der Waals surface area contributed by atoms with Crippen LogP contribution in [-0.2, 0) is 21.3 Å². The Morgan fingerprint density at radius 2 is 2.03 bits per heavy atom. The van der Waals surface area contributed by atoms with Crippen molar-refractivity contribution in [1.29, 1.82) is 5.26 Å². The van der Waals surface area contributed by atoms with Crippen molar-refractivity contribution in [3.63, 3.8) is 0 Å². The highest BCUT2D eigenvalue weighted by molar-refractivity contribution is 7.89. The van der Waals surface area contributed by atoms with Gasteiger partial charge < -0.3 is 19.3 Å². The van der Waals surface area contributed by atoms with Gasteiger partial charge in [-0.2, -0.15) is 9.57 Å². The molecule has 0 saturated carbocycles. The zero-order valence-corrected chi connectivity index (χ0v) is 19.6. The summed E-state index contributed by atoms with van der Waals surface area (Å²) in [6.45, 7) is 2.99. The quantitative estimate of drug-likeness (QED) is 0.450. The lowest BCUT2D eigenvalue weighted by atomic mass is 10.1. The number of hydrogen-bond acceptors (Lipinski definition) is 6. The van der Waals surface area contributed by atoms with Crippen LogP contribution < -0.4 is 5.56 Å². The molecule has 5 rings (SSSR count). The lowest BCUT2D eigenvalue weighted by Gasteiger charge is -2.23. The van der Waals surface area contributed by atoms with Crippen molar-refractivity contribution in [2.24, 2.45) is 0 Å². The van der Waals surface area contributed by atoms with Crippen LogP contribution in [0.2, 0.25) is 0 Å². The second-order valence-electron chi connectivity index (χ2n) is 8.60. The first-order valence-electron chi connectivity index (χ1n) is 10.9. The average molecular weight is 481 g/mol. The molecule has 0 atom stereocenters. The molecule has 10 nitrogen and oxygen atoms in total. The van der Waals surface area contributed by atoms with Crippen molar-refractivity contribution in [2.75, 3.05) is 20.3 Å². The van der Waals surface area contributed by atoms with Gasteiger partial charge in [0.15, 0.2) is 5.52 Å². The van der Waals surface area contributed by atoms with E-state index in [2.05, 4.69) is 15.0 Å². The summed E-state index contributed by atoms with van der Waals surface area (Å²) < 4.78 is 35.2. The third-order valence-corrected chi connectivity index (χ3v) is 8.05. The molecule has 0 bridgehead atoms. The fourth-order valence-electron chi connectivity index (χ4n) is 4.47. The van der Waals surface area contributed by atoms with Gasteiger partial charge in [0.2, 0.25) is 10.0 Å². The fraction of sp³-hybridized carbons (Fsp3) is 0.348. The summed E-state index contributed by atoms with van der Waals surface area (Å²) >= 11 is 0. The highest BCUT2D eigenvalue weighted by Crippen LogP contribution is 2.28. The summed E-state index contributed by atoms with van der Waals surface area (Å²) in [6.07, 6.45) is 3.28. The first-order valence-corrected chi connectivity index (χ1v) is 12.4. The number of imidazole rings is 1. The van der Waals surface area contributed by atoms with Gasteiger partial charge in [0, 0.05) is 37.9 Å². The van der Waals surface area contributed by atoms with E-state index in [0.717, 1.165) is 18.4 Å². The molecule has 1 saturated heterocycles. The van der Waals surface area contributed by atoms with E-state index < -0.39 is 10.0 Å². The summed E-state index contributed by atoms with van der Waals surface area (Å²) in [7, 11) is -2.46. The minimum Gasteiger partial charge on any atom is -0.381 e. The number of rotatable bonds is 5. The lowest BCUT2D eigenvalue weighted by molar-refractivity contribution is 0.0688. The Balaban J connectivity index is 1.48. The van der Waals surface area contributed by atoms with Crippen molar-refractivity contribution in [3.05, 3.63) is 57.9 Å². The van der Waals surface area contributed by atoms with Crippen LogP contribution in [0.15, 0.2) is 40.2 Å². The molecule has 1 aromatic carbocycles. The predicted octanol–water partition coefficient (Wildman–Crippen LogP) is 2.56. The van der Waals surface area contributed by atoms with E-state index >= 15 is 0 Å². The minimum absolute atomic E-state index is 0.0467. The summed E-state index contributed by atoms with van der Waals surface area (Å²) in [4.78, 5) is 23.5. The molecule has 2 N–H and O–H groups in total. The maximum atomic E-state index is 13.4. The lowest BCUT2D eigenvalue weighted by Crippen LogP contribution is -2.29. The van der Waals surface area contributed by atoms with Crippen LogP contribution in [-0.4, -0.2) is 52.5 Å². The smallest absolute Gasteiger partial charge is 0.278 e. The zero-order chi connectivity index (χ0) is 24.0. The van der Waals surface area contributed by atoms with Gasteiger partial charge >= 0.3 is 0 Å². The molecular weight excluding hydrogens is 456 g/mol. The molecule has 1 aliphatic heterocycles. The van der Waals surface area contributed by atoms with Crippen LogP contribution in [0.5, 0.6) is 0 Å². The van der Waals surface area contributed by atoms with Crippen molar-refractivity contribution >= 4 is 32.0 Å². The van der Waals surface area contributed by atoms with E-state index in [1.807, 2.05) is 12.1 Å². The van der Waals surface area contributed by atoms with Crippen LogP contribution in [0.1, 0.15) is 36.0 Å². The maximum absolute atomic E-state index is 13.4.